The normalized spacial score (nSPS) is 13.1. The number of anilines is 1. The van der Waals surface area contributed by atoms with Crippen LogP contribution in [0.4, 0.5) is 5.69 Å². The van der Waals surface area contributed by atoms with Crippen molar-refractivity contribution in [3.63, 3.8) is 0 Å². The minimum atomic E-state index is -3.12. The van der Waals surface area contributed by atoms with Gasteiger partial charge in [0.25, 0.3) is 5.91 Å². The van der Waals surface area contributed by atoms with Crippen molar-refractivity contribution < 1.29 is 13.2 Å². The molecular formula is C11H15BrN2O3S. The zero-order valence-electron chi connectivity index (χ0n) is 10.1. The monoisotopic (exact) mass is 334 g/mol. The first kappa shape index (κ1) is 15.0. The summed E-state index contributed by atoms with van der Waals surface area (Å²) in [5.74, 6) is -0.481. The molecule has 1 aromatic carbocycles. The van der Waals surface area contributed by atoms with E-state index in [1.165, 1.54) is 0 Å². The Balaban J connectivity index is 2.77. The van der Waals surface area contributed by atoms with E-state index in [9.17, 15) is 13.2 Å². The van der Waals surface area contributed by atoms with E-state index in [1.807, 2.05) is 0 Å². The number of nitrogen functional groups attached to an aromatic ring is 1. The average Bonchev–Trinajstić information content (AvgIpc) is 2.13. The molecule has 0 aromatic heterocycles. The highest BCUT2D eigenvalue weighted by molar-refractivity contribution is 9.10. The molecule has 0 aliphatic rings. The van der Waals surface area contributed by atoms with Gasteiger partial charge in [0.15, 0.2) is 0 Å². The van der Waals surface area contributed by atoms with Gasteiger partial charge in [0.2, 0.25) is 0 Å². The quantitative estimate of drug-likeness (QED) is 0.809. The standard InChI is InChI=1S/C11H15BrN2O3S/c1-7(6-18(2,16)17)14-11(15)9-4-3-8(12)5-10(9)13/h3-5,7H,6,13H2,1-2H3,(H,14,15). The van der Waals surface area contributed by atoms with E-state index >= 15 is 0 Å². The van der Waals surface area contributed by atoms with E-state index in [4.69, 9.17) is 5.73 Å². The van der Waals surface area contributed by atoms with Crippen LogP contribution in [-0.2, 0) is 9.84 Å². The minimum Gasteiger partial charge on any atom is -0.398 e. The molecule has 0 spiro atoms. The molecule has 1 aromatic rings. The molecule has 0 aliphatic carbocycles. The summed E-state index contributed by atoms with van der Waals surface area (Å²) in [5, 5.41) is 2.60. The number of halogens is 1. The van der Waals surface area contributed by atoms with Crippen molar-refractivity contribution in [2.75, 3.05) is 17.7 Å². The summed E-state index contributed by atoms with van der Waals surface area (Å²) >= 11 is 3.24. The molecule has 100 valence electrons. The average molecular weight is 335 g/mol. The van der Waals surface area contributed by atoms with E-state index in [0.717, 1.165) is 10.7 Å². The number of hydrogen-bond donors (Lipinski definition) is 2. The molecule has 5 nitrogen and oxygen atoms in total. The summed E-state index contributed by atoms with van der Waals surface area (Å²) in [4.78, 5) is 11.9. The maximum absolute atomic E-state index is 11.9. The number of carbonyl (C=O) groups excluding carboxylic acids is 1. The summed E-state index contributed by atoms with van der Waals surface area (Å²) in [7, 11) is -3.12. The van der Waals surface area contributed by atoms with Gasteiger partial charge in [-0.25, -0.2) is 8.42 Å². The Morgan fingerprint density at radius 1 is 1.50 bits per heavy atom. The van der Waals surface area contributed by atoms with Gasteiger partial charge in [0.05, 0.1) is 11.3 Å². The van der Waals surface area contributed by atoms with Gasteiger partial charge in [-0.05, 0) is 25.1 Å². The van der Waals surface area contributed by atoms with Crippen molar-refractivity contribution in [1.82, 2.24) is 5.32 Å². The van der Waals surface area contributed by atoms with Crippen molar-refractivity contribution in [2.24, 2.45) is 0 Å². The molecule has 1 amide bonds. The number of rotatable bonds is 4. The fourth-order valence-electron chi connectivity index (χ4n) is 1.54. The van der Waals surface area contributed by atoms with Gasteiger partial charge >= 0.3 is 0 Å². The van der Waals surface area contributed by atoms with Crippen LogP contribution >= 0.6 is 15.9 Å². The van der Waals surface area contributed by atoms with Crippen LogP contribution in [0.1, 0.15) is 17.3 Å². The summed E-state index contributed by atoms with van der Waals surface area (Å²) in [5.41, 5.74) is 6.39. The van der Waals surface area contributed by atoms with Crippen LogP contribution in [0.15, 0.2) is 22.7 Å². The van der Waals surface area contributed by atoms with E-state index < -0.39 is 15.9 Å². The minimum absolute atomic E-state index is 0.102. The lowest BCUT2D eigenvalue weighted by atomic mass is 10.1. The molecule has 0 saturated heterocycles. The predicted molar refractivity (Wildman–Crippen MR) is 75.2 cm³/mol. The molecule has 0 saturated carbocycles. The number of hydrogen-bond acceptors (Lipinski definition) is 4. The lowest BCUT2D eigenvalue weighted by Gasteiger charge is -2.13. The molecular weight excluding hydrogens is 320 g/mol. The van der Waals surface area contributed by atoms with Crippen LogP contribution in [-0.4, -0.2) is 32.4 Å². The highest BCUT2D eigenvalue weighted by atomic mass is 79.9. The van der Waals surface area contributed by atoms with E-state index in [0.29, 0.717) is 11.3 Å². The number of nitrogens with two attached hydrogens (primary N) is 1. The fourth-order valence-corrected chi connectivity index (χ4v) is 2.91. The first-order valence-corrected chi connectivity index (χ1v) is 8.08. The topological polar surface area (TPSA) is 89.3 Å². The maximum atomic E-state index is 11.9. The highest BCUT2D eigenvalue weighted by Crippen LogP contribution is 2.18. The Hall–Kier alpha value is -1.08. The molecule has 3 N–H and O–H groups in total. The fraction of sp³-hybridized carbons (Fsp3) is 0.364. The molecule has 1 unspecified atom stereocenters. The van der Waals surface area contributed by atoms with Crippen LogP contribution < -0.4 is 11.1 Å². The third kappa shape index (κ3) is 4.66. The van der Waals surface area contributed by atoms with Crippen LogP contribution in [0, 0.1) is 0 Å². The van der Waals surface area contributed by atoms with Gasteiger partial charge < -0.3 is 11.1 Å². The van der Waals surface area contributed by atoms with Crippen LogP contribution in [0.5, 0.6) is 0 Å². The highest BCUT2D eigenvalue weighted by Gasteiger charge is 2.16. The largest absolute Gasteiger partial charge is 0.398 e. The molecule has 0 fully saturated rings. The zero-order chi connectivity index (χ0) is 13.9. The van der Waals surface area contributed by atoms with Gasteiger partial charge in [-0.3, -0.25) is 4.79 Å². The Bertz CT molecular complexity index is 557. The summed E-state index contributed by atoms with van der Waals surface area (Å²) in [6.45, 7) is 1.63. The van der Waals surface area contributed by atoms with Crippen molar-refractivity contribution in [3.05, 3.63) is 28.2 Å². The van der Waals surface area contributed by atoms with Gasteiger partial charge in [0, 0.05) is 22.5 Å². The summed E-state index contributed by atoms with van der Waals surface area (Å²) in [6.07, 6.45) is 1.13. The van der Waals surface area contributed by atoms with Gasteiger partial charge in [-0.1, -0.05) is 15.9 Å². The molecule has 0 aliphatic heterocycles. The second-order valence-corrected chi connectivity index (χ2v) is 7.30. The Morgan fingerprint density at radius 2 is 2.11 bits per heavy atom. The Kier molecular flexibility index (Phi) is 4.75. The van der Waals surface area contributed by atoms with Crippen molar-refractivity contribution in [1.29, 1.82) is 0 Å². The number of benzene rings is 1. The number of amides is 1. The van der Waals surface area contributed by atoms with E-state index in [1.54, 1.807) is 25.1 Å². The predicted octanol–water partition coefficient (Wildman–Crippen LogP) is 1.19. The van der Waals surface area contributed by atoms with Gasteiger partial charge in [-0.15, -0.1) is 0 Å². The molecule has 7 heteroatoms. The molecule has 0 radical (unpaired) electrons. The molecule has 0 heterocycles. The first-order valence-electron chi connectivity index (χ1n) is 5.22. The van der Waals surface area contributed by atoms with E-state index in [2.05, 4.69) is 21.2 Å². The first-order chi connectivity index (χ1) is 8.19. The van der Waals surface area contributed by atoms with Crippen LogP contribution in [0.3, 0.4) is 0 Å². The lowest BCUT2D eigenvalue weighted by Crippen LogP contribution is -2.37. The summed E-state index contributed by atoms with van der Waals surface area (Å²) in [6, 6.07) is 4.44. The molecule has 1 rings (SSSR count). The second-order valence-electron chi connectivity index (χ2n) is 4.20. The number of sulfone groups is 1. The number of carbonyl (C=O) groups is 1. The number of nitrogens with one attached hydrogen (secondary N) is 1. The summed E-state index contributed by atoms with van der Waals surface area (Å²) < 4.78 is 23.0. The Labute approximate surface area is 115 Å². The van der Waals surface area contributed by atoms with Gasteiger partial charge in [0.1, 0.15) is 9.84 Å². The van der Waals surface area contributed by atoms with Crippen molar-refractivity contribution >= 4 is 37.4 Å². The van der Waals surface area contributed by atoms with Crippen molar-refractivity contribution in [2.45, 2.75) is 13.0 Å². The second kappa shape index (κ2) is 5.71. The van der Waals surface area contributed by atoms with E-state index in [-0.39, 0.29) is 11.7 Å². The Morgan fingerprint density at radius 3 is 2.61 bits per heavy atom. The lowest BCUT2D eigenvalue weighted by molar-refractivity contribution is 0.0944. The molecule has 18 heavy (non-hydrogen) atoms. The molecule has 1 atom stereocenters. The maximum Gasteiger partial charge on any atom is 0.253 e. The SMILES string of the molecule is CC(CS(C)(=O)=O)NC(=O)c1ccc(Br)cc1N. The van der Waals surface area contributed by atoms with Crippen LogP contribution in [0.25, 0.3) is 0 Å². The van der Waals surface area contributed by atoms with Gasteiger partial charge in [-0.2, -0.15) is 0 Å². The third-order valence-electron chi connectivity index (χ3n) is 2.19. The molecule has 0 bridgehead atoms. The zero-order valence-corrected chi connectivity index (χ0v) is 12.5. The van der Waals surface area contributed by atoms with Crippen molar-refractivity contribution in [3.8, 4) is 0 Å². The third-order valence-corrected chi connectivity index (χ3v) is 3.79. The van der Waals surface area contributed by atoms with Crippen LogP contribution in [0.2, 0.25) is 0 Å². The smallest absolute Gasteiger partial charge is 0.253 e.